The van der Waals surface area contributed by atoms with Gasteiger partial charge in [0.15, 0.2) is 6.04 Å². The van der Waals surface area contributed by atoms with Gasteiger partial charge in [0.2, 0.25) is 17.7 Å². The summed E-state index contributed by atoms with van der Waals surface area (Å²) in [5, 5.41) is 43.4. The van der Waals surface area contributed by atoms with Crippen LogP contribution in [0.3, 0.4) is 0 Å². The minimum absolute atomic E-state index is 0.507. The molecule has 0 bridgehead atoms. The Bertz CT molecular complexity index is 651. The topological polar surface area (TPSA) is 228 Å². The average molecular weight is 434 g/mol. The molecule has 9 N–H and O–H groups in total. The van der Waals surface area contributed by atoms with Crippen LogP contribution in [0.2, 0.25) is 0 Å². The Morgan fingerprint density at radius 1 is 0.767 bits per heavy atom. The second-order valence-corrected chi connectivity index (χ2v) is 7.22. The zero-order chi connectivity index (χ0) is 23.8. The van der Waals surface area contributed by atoms with E-state index < -0.39 is 78.4 Å². The van der Waals surface area contributed by atoms with E-state index in [2.05, 4.69) is 10.6 Å². The molecule has 0 aliphatic heterocycles. The maximum atomic E-state index is 12.6. The van der Waals surface area contributed by atoms with E-state index in [0.29, 0.717) is 0 Å². The van der Waals surface area contributed by atoms with Crippen LogP contribution in [-0.2, 0) is 24.0 Å². The SMILES string of the molecule is CC(C)C(NC(=O)C(N)C(C)O)C(=O)NC(CC(=O)O)C(=O)NC(C(=O)O)C(C)O. The summed E-state index contributed by atoms with van der Waals surface area (Å²) < 4.78 is 0. The third-order valence-electron chi connectivity index (χ3n) is 4.13. The van der Waals surface area contributed by atoms with Gasteiger partial charge in [-0.25, -0.2) is 4.79 Å². The highest BCUT2D eigenvalue weighted by Crippen LogP contribution is 2.06. The summed E-state index contributed by atoms with van der Waals surface area (Å²) in [6.45, 7) is 5.53. The first-order chi connectivity index (χ1) is 13.7. The number of aliphatic hydroxyl groups is 2. The first kappa shape index (κ1) is 27.2. The summed E-state index contributed by atoms with van der Waals surface area (Å²) in [6.07, 6.45) is -3.56. The van der Waals surface area contributed by atoms with Crippen molar-refractivity contribution in [3.63, 3.8) is 0 Å². The summed E-state index contributed by atoms with van der Waals surface area (Å²) >= 11 is 0. The second kappa shape index (κ2) is 12.0. The van der Waals surface area contributed by atoms with Gasteiger partial charge >= 0.3 is 11.9 Å². The molecule has 0 spiro atoms. The highest BCUT2D eigenvalue weighted by molar-refractivity contribution is 5.95. The van der Waals surface area contributed by atoms with Crippen molar-refractivity contribution in [3.8, 4) is 0 Å². The van der Waals surface area contributed by atoms with Gasteiger partial charge in [0.1, 0.15) is 18.1 Å². The van der Waals surface area contributed by atoms with Crippen molar-refractivity contribution in [3.05, 3.63) is 0 Å². The average Bonchev–Trinajstić information content (AvgIpc) is 2.60. The molecule has 3 amide bonds. The van der Waals surface area contributed by atoms with E-state index in [1.807, 2.05) is 5.32 Å². The van der Waals surface area contributed by atoms with Gasteiger partial charge in [0.25, 0.3) is 0 Å². The number of carboxylic acid groups (broad SMARTS) is 2. The zero-order valence-corrected chi connectivity index (χ0v) is 17.2. The number of hydrogen-bond acceptors (Lipinski definition) is 8. The standard InChI is InChI=1S/C17H30N4O9/c1-6(2)12(20-15(27)11(18)7(3)22)16(28)19-9(5-10(24)25)14(26)21-13(8(4)23)17(29)30/h6-9,11-13,22-23H,5,18H2,1-4H3,(H,19,28)(H,20,27)(H,21,26)(H,24,25)(H,29,30). The molecular weight excluding hydrogens is 404 g/mol. The molecule has 13 nitrogen and oxygen atoms in total. The van der Waals surface area contributed by atoms with Gasteiger partial charge in [-0.05, 0) is 19.8 Å². The minimum Gasteiger partial charge on any atom is -0.481 e. The van der Waals surface area contributed by atoms with Crippen LogP contribution in [-0.4, -0.2) is 86.5 Å². The fourth-order valence-electron chi connectivity index (χ4n) is 2.29. The lowest BCUT2D eigenvalue weighted by atomic mass is 10.0. The summed E-state index contributed by atoms with van der Waals surface area (Å²) in [4.78, 5) is 59.2. The molecule has 0 aliphatic carbocycles. The molecule has 0 saturated carbocycles. The van der Waals surface area contributed by atoms with Crippen molar-refractivity contribution in [2.24, 2.45) is 11.7 Å². The molecule has 0 saturated heterocycles. The smallest absolute Gasteiger partial charge is 0.328 e. The Hall–Kier alpha value is -2.77. The molecule has 6 unspecified atom stereocenters. The van der Waals surface area contributed by atoms with Gasteiger partial charge in [-0.2, -0.15) is 0 Å². The van der Waals surface area contributed by atoms with Crippen LogP contribution in [0.1, 0.15) is 34.1 Å². The molecule has 0 fully saturated rings. The van der Waals surface area contributed by atoms with Crippen molar-refractivity contribution in [2.75, 3.05) is 0 Å². The van der Waals surface area contributed by atoms with E-state index >= 15 is 0 Å². The number of carboxylic acids is 2. The minimum atomic E-state index is -1.73. The number of rotatable bonds is 12. The molecule has 0 rings (SSSR count). The normalized spacial score (nSPS) is 17.1. The molecule has 0 aliphatic rings. The number of aliphatic hydroxyl groups excluding tert-OH is 2. The Morgan fingerprint density at radius 3 is 1.63 bits per heavy atom. The van der Waals surface area contributed by atoms with Crippen LogP contribution in [0.25, 0.3) is 0 Å². The molecule has 0 aromatic rings. The Kier molecular flexibility index (Phi) is 10.9. The summed E-state index contributed by atoms with van der Waals surface area (Å²) in [7, 11) is 0. The summed E-state index contributed by atoms with van der Waals surface area (Å²) in [5.41, 5.74) is 5.52. The lowest BCUT2D eigenvalue weighted by Gasteiger charge is -2.27. The first-order valence-electron chi connectivity index (χ1n) is 9.16. The predicted octanol–water partition coefficient (Wildman–Crippen LogP) is -3.25. The van der Waals surface area contributed by atoms with Crippen molar-refractivity contribution in [2.45, 2.75) is 70.5 Å². The second-order valence-electron chi connectivity index (χ2n) is 7.22. The number of carbonyl (C=O) groups excluding carboxylic acids is 3. The molecule has 0 aromatic heterocycles. The Morgan fingerprint density at radius 2 is 1.27 bits per heavy atom. The number of nitrogens with one attached hydrogen (secondary N) is 3. The quantitative estimate of drug-likeness (QED) is 0.153. The number of hydrogen-bond donors (Lipinski definition) is 8. The number of nitrogens with two attached hydrogens (primary N) is 1. The van der Waals surface area contributed by atoms with Gasteiger partial charge in [-0.3, -0.25) is 19.2 Å². The van der Waals surface area contributed by atoms with Crippen LogP contribution in [0.5, 0.6) is 0 Å². The molecule has 0 radical (unpaired) electrons. The highest BCUT2D eigenvalue weighted by Gasteiger charge is 2.34. The third kappa shape index (κ3) is 8.71. The number of carbonyl (C=O) groups is 5. The van der Waals surface area contributed by atoms with Crippen molar-refractivity contribution in [1.29, 1.82) is 0 Å². The van der Waals surface area contributed by atoms with Crippen LogP contribution in [0.4, 0.5) is 0 Å². The van der Waals surface area contributed by atoms with E-state index in [1.54, 1.807) is 13.8 Å². The lowest BCUT2D eigenvalue weighted by Crippen LogP contribution is -2.60. The van der Waals surface area contributed by atoms with Gasteiger partial charge in [0, 0.05) is 0 Å². The highest BCUT2D eigenvalue weighted by atomic mass is 16.4. The predicted molar refractivity (Wildman–Crippen MR) is 102 cm³/mol. The van der Waals surface area contributed by atoms with Gasteiger partial charge < -0.3 is 42.1 Å². The Labute approximate surface area is 173 Å². The van der Waals surface area contributed by atoms with Crippen LogP contribution >= 0.6 is 0 Å². The number of aliphatic carboxylic acids is 2. The first-order valence-corrected chi connectivity index (χ1v) is 9.16. The maximum Gasteiger partial charge on any atom is 0.328 e. The van der Waals surface area contributed by atoms with Crippen molar-refractivity contribution >= 4 is 29.7 Å². The molecule has 0 aromatic carbocycles. The monoisotopic (exact) mass is 434 g/mol. The van der Waals surface area contributed by atoms with E-state index in [-0.39, 0.29) is 0 Å². The van der Waals surface area contributed by atoms with Crippen molar-refractivity contribution in [1.82, 2.24) is 16.0 Å². The maximum absolute atomic E-state index is 12.6. The molecule has 30 heavy (non-hydrogen) atoms. The van der Waals surface area contributed by atoms with Crippen molar-refractivity contribution < 1.29 is 44.4 Å². The molecule has 13 heteroatoms. The molecular formula is C17H30N4O9. The molecule has 0 heterocycles. The van der Waals surface area contributed by atoms with Gasteiger partial charge in [-0.15, -0.1) is 0 Å². The van der Waals surface area contributed by atoms with E-state index in [0.717, 1.165) is 6.92 Å². The van der Waals surface area contributed by atoms with E-state index in [1.165, 1.54) is 6.92 Å². The Balaban J connectivity index is 5.47. The zero-order valence-electron chi connectivity index (χ0n) is 17.2. The lowest BCUT2D eigenvalue weighted by molar-refractivity contribution is -0.146. The van der Waals surface area contributed by atoms with E-state index in [4.69, 9.17) is 15.9 Å². The van der Waals surface area contributed by atoms with Crippen LogP contribution in [0.15, 0.2) is 0 Å². The van der Waals surface area contributed by atoms with Gasteiger partial charge in [0.05, 0.1) is 18.6 Å². The summed E-state index contributed by atoms with van der Waals surface area (Å²) in [5.74, 6) is -6.42. The van der Waals surface area contributed by atoms with E-state index in [9.17, 15) is 34.2 Å². The largest absolute Gasteiger partial charge is 0.481 e. The third-order valence-corrected chi connectivity index (χ3v) is 4.13. The molecule has 172 valence electrons. The fourth-order valence-corrected chi connectivity index (χ4v) is 2.29. The fraction of sp³-hybridized carbons (Fsp3) is 0.706. The van der Waals surface area contributed by atoms with Gasteiger partial charge in [-0.1, -0.05) is 13.8 Å². The van der Waals surface area contributed by atoms with Crippen LogP contribution < -0.4 is 21.7 Å². The number of amides is 3. The molecule has 6 atom stereocenters. The van der Waals surface area contributed by atoms with Crippen LogP contribution in [0, 0.1) is 5.92 Å². The summed E-state index contributed by atoms with van der Waals surface area (Å²) in [6, 6.07) is -5.95.